The van der Waals surface area contributed by atoms with Crippen LogP contribution in [0.2, 0.25) is 0 Å². The van der Waals surface area contributed by atoms with E-state index in [1.165, 1.54) is 0 Å². The second kappa shape index (κ2) is 5.60. The van der Waals surface area contributed by atoms with Crippen molar-refractivity contribution >= 4 is 23.0 Å². The van der Waals surface area contributed by atoms with E-state index in [1.54, 1.807) is 0 Å². The second-order valence-corrected chi connectivity index (χ2v) is 5.40. The zero-order valence-corrected chi connectivity index (χ0v) is 11.9. The summed E-state index contributed by atoms with van der Waals surface area (Å²) in [4.78, 5) is 18.0. The van der Waals surface area contributed by atoms with E-state index in [2.05, 4.69) is 22.1 Å². The van der Waals surface area contributed by atoms with Gasteiger partial charge in [-0.1, -0.05) is 18.2 Å². The van der Waals surface area contributed by atoms with Crippen LogP contribution in [0.5, 0.6) is 0 Å². The molecule has 1 saturated heterocycles. The van der Waals surface area contributed by atoms with Crippen LogP contribution in [0.4, 0.5) is 5.95 Å². The molecule has 2 heterocycles. The fourth-order valence-electron chi connectivity index (χ4n) is 2.94. The summed E-state index contributed by atoms with van der Waals surface area (Å²) >= 11 is 0. The molecule has 0 unspecified atom stereocenters. The first kappa shape index (κ1) is 13.7. The molecule has 0 aliphatic carbocycles. The van der Waals surface area contributed by atoms with Crippen LogP contribution < -0.4 is 4.90 Å². The van der Waals surface area contributed by atoms with Crippen LogP contribution in [0.3, 0.4) is 0 Å². The summed E-state index contributed by atoms with van der Waals surface area (Å²) in [5.41, 5.74) is 2.06. The van der Waals surface area contributed by atoms with Gasteiger partial charge in [0.15, 0.2) is 0 Å². The molecule has 1 N–H and O–H groups in total. The molecule has 1 aromatic carbocycles. The van der Waals surface area contributed by atoms with Gasteiger partial charge in [0.1, 0.15) is 0 Å². The minimum atomic E-state index is -0.686. The highest BCUT2D eigenvalue weighted by molar-refractivity contribution is 5.79. The Bertz CT molecular complexity index is 669. The molecule has 0 saturated carbocycles. The first-order valence-corrected chi connectivity index (χ1v) is 7.24. The van der Waals surface area contributed by atoms with E-state index in [9.17, 15) is 4.79 Å². The lowest BCUT2D eigenvalue weighted by molar-refractivity contribution is -0.142. The van der Waals surface area contributed by atoms with Gasteiger partial charge >= 0.3 is 5.97 Å². The van der Waals surface area contributed by atoms with Crippen molar-refractivity contribution in [3.63, 3.8) is 0 Å². The number of rotatable bonds is 4. The van der Waals surface area contributed by atoms with Crippen LogP contribution >= 0.6 is 0 Å². The molecule has 0 spiro atoms. The van der Waals surface area contributed by atoms with Crippen molar-refractivity contribution in [3.8, 4) is 0 Å². The number of allylic oxidation sites excluding steroid dienone is 1. The Labute approximate surface area is 123 Å². The lowest BCUT2D eigenvalue weighted by Gasteiger charge is -2.31. The van der Waals surface area contributed by atoms with E-state index < -0.39 is 5.97 Å². The number of aromatic nitrogens is 2. The van der Waals surface area contributed by atoms with Crippen molar-refractivity contribution in [3.05, 3.63) is 36.9 Å². The average molecular weight is 285 g/mol. The largest absolute Gasteiger partial charge is 0.481 e. The molecule has 5 nitrogen and oxygen atoms in total. The number of para-hydroxylation sites is 2. The molecular weight excluding hydrogens is 266 g/mol. The van der Waals surface area contributed by atoms with E-state index in [-0.39, 0.29) is 5.92 Å². The molecule has 5 heteroatoms. The zero-order valence-electron chi connectivity index (χ0n) is 11.9. The summed E-state index contributed by atoms with van der Waals surface area (Å²) in [7, 11) is 0. The Balaban J connectivity index is 1.91. The minimum absolute atomic E-state index is 0.224. The normalized spacial score (nSPS) is 16.3. The summed E-state index contributed by atoms with van der Waals surface area (Å²) in [6, 6.07) is 8.04. The Morgan fingerprint density at radius 3 is 2.76 bits per heavy atom. The molecule has 3 rings (SSSR count). The molecule has 1 fully saturated rings. The third-order valence-electron chi connectivity index (χ3n) is 4.07. The Hall–Kier alpha value is -2.30. The van der Waals surface area contributed by atoms with Crippen LogP contribution in [0, 0.1) is 5.92 Å². The van der Waals surface area contributed by atoms with E-state index in [0.29, 0.717) is 19.4 Å². The van der Waals surface area contributed by atoms with Crippen molar-refractivity contribution in [2.24, 2.45) is 5.92 Å². The number of imidazole rings is 1. The van der Waals surface area contributed by atoms with E-state index in [1.807, 2.05) is 24.3 Å². The number of hydrogen-bond donors (Lipinski definition) is 1. The molecule has 0 atom stereocenters. The number of piperidine rings is 1. The maximum Gasteiger partial charge on any atom is 0.306 e. The second-order valence-electron chi connectivity index (χ2n) is 5.40. The van der Waals surface area contributed by atoms with E-state index >= 15 is 0 Å². The fourth-order valence-corrected chi connectivity index (χ4v) is 2.94. The standard InChI is InChI=1S/C16H19N3O2/c1-2-9-19-14-6-4-3-5-13(14)17-16(19)18-10-7-12(8-11-18)15(20)21/h2-6,12H,1,7-11H2,(H,20,21). The fraction of sp³-hybridized carbons (Fsp3) is 0.375. The van der Waals surface area contributed by atoms with Crippen molar-refractivity contribution < 1.29 is 9.90 Å². The molecule has 1 aromatic heterocycles. The van der Waals surface area contributed by atoms with Gasteiger partial charge in [0.2, 0.25) is 5.95 Å². The van der Waals surface area contributed by atoms with E-state index in [0.717, 1.165) is 30.1 Å². The topological polar surface area (TPSA) is 58.4 Å². The Morgan fingerprint density at radius 1 is 1.38 bits per heavy atom. The monoisotopic (exact) mass is 285 g/mol. The number of aliphatic carboxylic acids is 1. The summed E-state index contributed by atoms with van der Waals surface area (Å²) in [5.74, 6) is 0.00710. The van der Waals surface area contributed by atoms with Gasteiger partial charge in [-0.3, -0.25) is 4.79 Å². The maximum atomic E-state index is 11.1. The third kappa shape index (κ3) is 2.51. The number of benzene rings is 1. The number of carbonyl (C=O) groups is 1. The lowest BCUT2D eigenvalue weighted by Crippen LogP contribution is -2.37. The van der Waals surface area contributed by atoms with Gasteiger partial charge in [0.25, 0.3) is 0 Å². The molecule has 21 heavy (non-hydrogen) atoms. The van der Waals surface area contributed by atoms with E-state index in [4.69, 9.17) is 10.1 Å². The lowest BCUT2D eigenvalue weighted by atomic mass is 9.97. The molecular formula is C16H19N3O2. The summed E-state index contributed by atoms with van der Waals surface area (Å²) in [5, 5.41) is 9.10. The molecule has 1 aliphatic rings. The molecule has 0 radical (unpaired) electrons. The average Bonchev–Trinajstić information content (AvgIpc) is 2.87. The SMILES string of the molecule is C=CCn1c(N2CCC(C(=O)O)CC2)nc2ccccc21. The van der Waals surface area contributed by atoms with Crippen LogP contribution in [-0.2, 0) is 11.3 Å². The highest BCUT2D eigenvalue weighted by Crippen LogP contribution is 2.27. The van der Waals surface area contributed by atoms with Gasteiger partial charge in [-0.2, -0.15) is 0 Å². The summed E-state index contributed by atoms with van der Waals surface area (Å²) in [6.45, 7) is 5.99. The maximum absolute atomic E-state index is 11.1. The molecule has 2 aromatic rings. The molecule has 110 valence electrons. The highest BCUT2D eigenvalue weighted by atomic mass is 16.4. The van der Waals surface area contributed by atoms with Crippen LogP contribution in [0.25, 0.3) is 11.0 Å². The Kier molecular flexibility index (Phi) is 3.64. The number of hydrogen-bond acceptors (Lipinski definition) is 3. The van der Waals surface area contributed by atoms with Gasteiger partial charge in [-0.15, -0.1) is 6.58 Å². The predicted molar refractivity (Wildman–Crippen MR) is 82.5 cm³/mol. The highest BCUT2D eigenvalue weighted by Gasteiger charge is 2.27. The van der Waals surface area contributed by atoms with Crippen molar-refractivity contribution in [2.75, 3.05) is 18.0 Å². The quantitative estimate of drug-likeness (QED) is 0.877. The van der Waals surface area contributed by atoms with Crippen LogP contribution in [0.15, 0.2) is 36.9 Å². The Morgan fingerprint density at radius 2 is 2.10 bits per heavy atom. The predicted octanol–water partition coefficient (Wildman–Crippen LogP) is 2.52. The van der Waals surface area contributed by atoms with Crippen LogP contribution in [-0.4, -0.2) is 33.7 Å². The van der Waals surface area contributed by atoms with Crippen LogP contribution in [0.1, 0.15) is 12.8 Å². The third-order valence-corrected chi connectivity index (χ3v) is 4.07. The molecule has 0 amide bonds. The van der Waals surface area contributed by atoms with Gasteiger partial charge < -0.3 is 14.6 Å². The number of carboxylic acids is 1. The number of fused-ring (bicyclic) bond motifs is 1. The van der Waals surface area contributed by atoms with Gasteiger partial charge in [0.05, 0.1) is 17.0 Å². The summed E-state index contributed by atoms with van der Waals surface area (Å²) < 4.78 is 2.14. The first-order chi connectivity index (χ1) is 10.2. The minimum Gasteiger partial charge on any atom is -0.481 e. The van der Waals surface area contributed by atoms with Crippen molar-refractivity contribution in [2.45, 2.75) is 19.4 Å². The van der Waals surface area contributed by atoms with Gasteiger partial charge in [-0.25, -0.2) is 4.98 Å². The smallest absolute Gasteiger partial charge is 0.306 e. The summed E-state index contributed by atoms with van der Waals surface area (Å²) in [6.07, 6.45) is 3.21. The van der Waals surface area contributed by atoms with Gasteiger partial charge in [-0.05, 0) is 25.0 Å². The zero-order chi connectivity index (χ0) is 14.8. The number of anilines is 1. The number of carboxylic acid groups (broad SMARTS) is 1. The first-order valence-electron chi connectivity index (χ1n) is 7.24. The van der Waals surface area contributed by atoms with Gasteiger partial charge in [0, 0.05) is 19.6 Å². The molecule has 1 aliphatic heterocycles. The molecule has 0 bridgehead atoms. The van der Waals surface area contributed by atoms with Crippen molar-refractivity contribution in [1.82, 2.24) is 9.55 Å². The number of nitrogens with zero attached hydrogens (tertiary/aromatic N) is 3. The van der Waals surface area contributed by atoms with Crippen molar-refractivity contribution in [1.29, 1.82) is 0 Å².